The Kier molecular flexibility index (Phi) is 5.38. The molecule has 4 N–H and O–H groups in total. The minimum Gasteiger partial charge on any atom is -0.382 e. The van der Waals surface area contributed by atoms with Gasteiger partial charge in [-0.2, -0.15) is 5.26 Å². The first-order valence-electron chi connectivity index (χ1n) is 12.6. The number of fused-ring (bicyclic) bond motifs is 2. The lowest BCUT2D eigenvalue weighted by molar-refractivity contribution is 0.0981. The lowest BCUT2D eigenvalue weighted by Gasteiger charge is -2.42. The molecular weight excluding hydrogens is 450 g/mol. The van der Waals surface area contributed by atoms with E-state index in [4.69, 9.17) is 11.5 Å². The van der Waals surface area contributed by atoms with Crippen LogP contribution < -0.4 is 21.3 Å². The second kappa shape index (κ2) is 8.61. The van der Waals surface area contributed by atoms with Crippen LogP contribution in [0.25, 0.3) is 0 Å². The molecule has 1 amide bonds. The number of hydrogen-bond acceptors (Lipinski definition) is 7. The fourth-order valence-electron chi connectivity index (χ4n) is 6.27. The van der Waals surface area contributed by atoms with Gasteiger partial charge >= 0.3 is 0 Å². The molecule has 182 valence electrons. The number of carbonyl (C=O) groups is 1. The van der Waals surface area contributed by atoms with Crippen LogP contribution in [0.15, 0.2) is 48.7 Å². The molecule has 8 nitrogen and oxygen atoms in total. The summed E-state index contributed by atoms with van der Waals surface area (Å²) in [5, 5.41) is 9.45. The molecule has 6 rings (SSSR count). The molecule has 2 aliphatic heterocycles. The van der Waals surface area contributed by atoms with E-state index >= 15 is 0 Å². The Bertz CT molecular complexity index is 1390. The van der Waals surface area contributed by atoms with Gasteiger partial charge in [-0.15, -0.1) is 0 Å². The van der Waals surface area contributed by atoms with Crippen LogP contribution >= 0.6 is 0 Å². The van der Waals surface area contributed by atoms with Gasteiger partial charge in [0, 0.05) is 31.4 Å². The summed E-state index contributed by atoms with van der Waals surface area (Å²) < 4.78 is 0. The quantitative estimate of drug-likeness (QED) is 0.577. The molecule has 1 aliphatic carbocycles. The first-order valence-corrected chi connectivity index (χ1v) is 12.6. The molecule has 1 fully saturated rings. The molecule has 0 saturated carbocycles. The van der Waals surface area contributed by atoms with Crippen molar-refractivity contribution in [3.05, 3.63) is 76.6 Å². The van der Waals surface area contributed by atoms with Gasteiger partial charge in [-0.1, -0.05) is 30.3 Å². The fourth-order valence-corrected chi connectivity index (χ4v) is 6.27. The highest BCUT2D eigenvalue weighted by Gasteiger charge is 2.46. The van der Waals surface area contributed by atoms with Gasteiger partial charge in [-0.3, -0.25) is 4.79 Å². The molecule has 3 aliphatic rings. The van der Waals surface area contributed by atoms with E-state index in [1.807, 2.05) is 6.07 Å². The largest absolute Gasteiger partial charge is 0.382 e. The predicted molar refractivity (Wildman–Crippen MR) is 139 cm³/mol. The maximum absolute atomic E-state index is 13.4. The van der Waals surface area contributed by atoms with E-state index in [9.17, 15) is 10.1 Å². The standard InChI is InChI=1S/C28H29N7O/c29-16-19-6-3-9-22-20(19)8-4-12-35(22)27(36)24-26(31)33-23(17-32-24)34-13-10-28(11-14-34)15-18-5-1-2-7-21(18)25(28)30/h1-3,5-7,9,17,25H,4,8,10-15,30H2,(H2,31,33)/t25-/m1/s1. The molecule has 8 heteroatoms. The predicted octanol–water partition coefficient (Wildman–Crippen LogP) is 3.37. The normalized spacial score (nSPS) is 20.1. The Hall–Kier alpha value is -3.96. The lowest BCUT2D eigenvalue weighted by atomic mass is 9.73. The number of benzene rings is 2. The molecule has 1 saturated heterocycles. The summed E-state index contributed by atoms with van der Waals surface area (Å²) in [6.45, 7) is 2.19. The van der Waals surface area contributed by atoms with Crippen molar-refractivity contribution in [1.82, 2.24) is 9.97 Å². The lowest BCUT2D eigenvalue weighted by Crippen LogP contribution is -2.44. The molecule has 36 heavy (non-hydrogen) atoms. The fraction of sp³-hybridized carbons (Fsp3) is 0.357. The number of nitriles is 1. The molecule has 0 bridgehead atoms. The van der Waals surface area contributed by atoms with Crippen LogP contribution in [0.2, 0.25) is 0 Å². The molecular formula is C28H29N7O. The number of nitrogen functional groups attached to an aromatic ring is 1. The van der Waals surface area contributed by atoms with Crippen molar-refractivity contribution in [3.8, 4) is 6.07 Å². The van der Waals surface area contributed by atoms with Gasteiger partial charge < -0.3 is 21.3 Å². The van der Waals surface area contributed by atoms with Gasteiger partial charge in [0.2, 0.25) is 0 Å². The van der Waals surface area contributed by atoms with Gasteiger partial charge in [-0.05, 0) is 66.3 Å². The average molecular weight is 480 g/mol. The van der Waals surface area contributed by atoms with Crippen LogP contribution in [0.3, 0.4) is 0 Å². The van der Waals surface area contributed by atoms with E-state index in [0.29, 0.717) is 17.9 Å². The molecule has 3 heterocycles. The van der Waals surface area contributed by atoms with Crippen molar-refractivity contribution in [1.29, 1.82) is 5.26 Å². The van der Waals surface area contributed by atoms with E-state index in [0.717, 1.165) is 56.4 Å². The zero-order valence-corrected chi connectivity index (χ0v) is 20.2. The number of rotatable bonds is 2. The van der Waals surface area contributed by atoms with Crippen molar-refractivity contribution in [2.24, 2.45) is 11.1 Å². The maximum Gasteiger partial charge on any atom is 0.280 e. The number of nitrogens with two attached hydrogens (primary N) is 2. The minimum atomic E-state index is -0.283. The van der Waals surface area contributed by atoms with Crippen LogP contribution in [0.4, 0.5) is 17.3 Å². The maximum atomic E-state index is 13.4. The van der Waals surface area contributed by atoms with Gasteiger partial charge in [-0.25, -0.2) is 9.97 Å². The monoisotopic (exact) mass is 479 g/mol. The Morgan fingerprint density at radius 2 is 1.92 bits per heavy atom. The van der Waals surface area contributed by atoms with Crippen molar-refractivity contribution < 1.29 is 4.79 Å². The van der Waals surface area contributed by atoms with E-state index in [1.54, 1.807) is 23.2 Å². The molecule has 0 unspecified atom stereocenters. The molecule has 3 aromatic rings. The number of anilines is 3. The average Bonchev–Trinajstić information content (AvgIpc) is 3.18. The SMILES string of the molecule is N#Cc1cccc2c1CCCN2C(=O)c1ncc(N2CCC3(CC2)Cc2ccccc2[C@H]3N)nc1N. The highest BCUT2D eigenvalue weighted by molar-refractivity contribution is 6.08. The topological polar surface area (TPSA) is 125 Å². The Balaban J connectivity index is 1.19. The number of piperidine rings is 1. The second-order valence-corrected chi connectivity index (χ2v) is 10.1. The number of aromatic nitrogens is 2. The first kappa shape index (κ1) is 22.5. The Morgan fingerprint density at radius 3 is 2.67 bits per heavy atom. The zero-order valence-electron chi connectivity index (χ0n) is 20.2. The third-order valence-corrected chi connectivity index (χ3v) is 8.28. The van der Waals surface area contributed by atoms with Crippen molar-refractivity contribution in [2.75, 3.05) is 35.2 Å². The molecule has 1 spiro atoms. The minimum absolute atomic E-state index is 0.0565. The Morgan fingerprint density at radius 1 is 1.11 bits per heavy atom. The van der Waals surface area contributed by atoms with Crippen LogP contribution in [-0.2, 0) is 12.8 Å². The highest BCUT2D eigenvalue weighted by Crippen LogP contribution is 2.50. The van der Waals surface area contributed by atoms with Crippen molar-refractivity contribution in [2.45, 2.75) is 38.1 Å². The van der Waals surface area contributed by atoms with Gasteiger partial charge in [0.1, 0.15) is 5.82 Å². The molecule has 2 aromatic carbocycles. The van der Waals surface area contributed by atoms with Crippen LogP contribution in [0.5, 0.6) is 0 Å². The smallest absolute Gasteiger partial charge is 0.280 e. The Labute approximate surface area is 210 Å². The van der Waals surface area contributed by atoms with E-state index in [1.165, 1.54) is 11.1 Å². The molecule has 1 atom stereocenters. The summed E-state index contributed by atoms with van der Waals surface area (Å²) in [5.41, 5.74) is 18.1. The molecule has 0 radical (unpaired) electrons. The third kappa shape index (κ3) is 3.50. The van der Waals surface area contributed by atoms with E-state index in [-0.39, 0.29) is 28.9 Å². The number of nitrogens with zero attached hydrogens (tertiary/aromatic N) is 5. The van der Waals surface area contributed by atoms with Gasteiger partial charge in [0.05, 0.1) is 17.8 Å². The van der Waals surface area contributed by atoms with Gasteiger partial charge in [0.15, 0.2) is 11.5 Å². The van der Waals surface area contributed by atoms with Crippen LogP contribution in [-0.4, -0.2) is 35.5 Å². The first-order chi connectivity index (χ1) is 17.5. The van der Waals surface area contributed by atoms with Crippen LogP contribution in [0.1, 0.15) is 58.0 Å². The van der Waals surface area contributed by atoms with Gasteiger partial charge in [0.25, 0.3) is 5.91 Å². The summed E-state index contributed by atoms with van der Waals surface area (Å²) in [6, 6.07) is 16.3. The summed E-state index contributed by atoms with van der Waals surface area (Å²) >= 11 is 0. The van der Waals surface area contributed by atoms with Crippen LogP contribution in [0, 0.1) is 16.7 Å². The summed E-state index contributed by atoms with van der Waals surface area (Å²) in [7, 11) is 0. The summed E-state index contributed by atoms with van der Waals surface area (Å²) in [5.74, 6) is 0.537. The zero-order chi connectivity index (χ0) is 24.9. The number of carbonyl (C=O) groups excluding carboxylic acids is 1. The summed E-state index contributed by atoms with van der Waals surface area (Å²) in [6.07, 6.45) is 6.16. The number of hydrogen-bond donors (Lipinski definition) is 2. The van der Waals surface area contributed by atoms with Crippen molar-refractivity contribution in [3.63, 3.8) is 0 Å². The van der Waals surface area contributed by atoms with E-state index < -0.39 is 0 Å². The third-order valence-electron chi connectivity index (χ3n) is 8.28. The second-order valence-electron chi connectivity index (χ2n) is 10.1. The highest BCUT2D eigenvalue weighted by atomic mass is 16.2. The number of amides is 1. The van der Waals surface area contributed by atoms with Crippen molar-refractivity contribution >= 4 is 23.2 Å². The summed E-state index contributed by atoms with van der Waals surface area (Å²) in [4.78, 5) is 26.3. The molecule has 1 aromatic heterocycles. The van der Waals surface area contributed by atoms with E-state index in [2.05, 4.69) is 45.2 Å².